The van der Waals surface area contributed by atoms with Crippen LogP contribution in [0.25, 0.3) is 0 Å². The van der Waals surface area contributed by atoms with Crippen molar-refractivity contribution in [3.05, 3.63) is 53.1 Å². The molecule has 2 rings (SSSR count). The molecular weight excluding hydrogens is 440 g/mol. The summed E-state index contributed by atoms with van der Waals surface area (Å²) in [5.74, 6) is -0.0491. The van der Waals surface area contributed by atoms with E-state index in [0.29, 0.717) is 43.6 Å². The molecule has 0 radical (unpaired) electrons. The first kappa shape index (κ1) is 26.3. The second-order valence-corrected chi connectivity index (χ2v) is 7.12. The lowest BCUT2D eigenvalue weighted by Crippen LogP contribution is -2.47. The zero-order valence-corrected chi connectivity index (χ0v) is 19.9. The monoisotopic (exact) mass is 472 g/mol. The fourth-order valence-electron chi connectivity index (χ4n) is 2.87. The Morgan fingerprint density at radius 3 is 1.94 bits per heavy atom. The molecule has 0 heterocycles. The van der Waals surface area contributed by atoms with Crippen LogP contribution in [0.1, 0.15) is 42.3 Å². The molecule has 0 saturated heterocycles. The van der Waals surface area contributed by atoms with Crippen molar-refractivity contribution in [2.45, 2.75) is 34.2 Å². The molecule has 184 valence electrons. The number of amides is 4. The Balaban J connectivity index is 1.88. The number of aryl methyl sites for hydroxylation is 1. The summed E-state index contributed by atoms with van der Waals surface area (Å²) in [4.78, 5) is 36.5. The van der Waals surface area contributed by atoms with Gasteiger partial charge in [-0.1, -0.05) is 29.8 Å². The minimum atomic E-state index is -0.597. The van der Waals surface area contributed by atoms with Gasteiger partial charge in [-0.05, 0) is 45.4 Å². The first-order valence-electron chi connectivity index (χ1n) is 11.1. The Hall–Kier alpha value is -3.95. The summed E-state index contributed by atoms with van der Waals surface area (Å²) < 4.78 is 16.8. The number of benzene rings is 2. The summed E-state index contributed by atoms with van der Waals surface area (Å²) in [5, 5.41) is 5.09. The van der Waals surface area contributed by atoms with Gasteiger partial charge in [-0.25, -0.2) is 4.79 Å². The Morgan fingerprint density at radius 1 is 0.794 bits per heavy atom. The highest BCUT2D eigenvalue weighted by atomic mass is 16.5. The highest BCUT2D eigenvalue weighted by molar-refractivity contribution is 5.97. The van der Waals surface area contributed by atoms with Crippen molar-refractivity contribution < 1.29 is 28.6 Å². The van der Waals surface area contributed by atoms with Crippen LogP contribution in [0.2, 0.25) is 0 Å². The van der Waals surface area contributed by atoms with E-state index in [1.807, 2.05) is 52.0 Å². The number of urea groups is 1. The third-order valence-corrected chi connectivity index (χ3v) is 4.47. The van der Waals surface area contributed by atoms with Gasteiger partial charge < -0.3 is 24.8 Å². The fourth-order valence-corrected chi connectivity index (χ4v) is 2.87. The Bertz CT molecular complexity index is 951. The summed E-state index contributed by atoms with van der Waals surface area (Å²) in [6.45, 7) is 8.57. The first-order chi connectivity index (χ1) is 16.4. The van der Waals surface area contributed by atoms with E-state index >= 15 is 0 Å². The van der Waals surface area contributed by atoms with Gasteiger partial charge in [0, 0.05) is 12.1 Å². The highest BCUT2D eigenvalue weighted by Gasteiger charge is 2.18. The maximum atomic E-state index is 12.6. The van der Waals surface area contributed by atoms with Gasteiger partial charge in [-0.15, -0.1) is 0 Å². The summed E-state index contributed by atoms with van der Waals surface area (Å²) in [6.07, 6.45) is 0. The molecule has 4 amide bonds. The number of carbonyl (C=O) groups is 3. The quantitative estimate of drug-likeness (QED) is 0.372. The SMILES string of the molecule is CCOc1cc(C(=O)NNC(=O)CNC(=O)NCc2ccc(C)cc2)cc(OCC)c1OCC. The van der Waals surface area contributed by atoms with Crippen molar-refractivity contribution in [1.82, 2.24) is 21.5 Å². The molecule has 0 spiro atoms. The summed E-state index contributed by atoms with van der Waals surface area (Å²) >= 11 is 0. The van der Waals surface area contributed by atoms with Crippen LogP contribution in [0.15, 0.2) is 36.4 Å². The van der Waals surface area contributed by atoms with Gasteiger partial charge in [0.1, 0.15) is 6.54 Å². The molecule has 0 bridgehead atoms. The number of hydrogen-bond donors (Lipinski definition) is 4. The van der Waals surface area contributed by atoms with Gasteiger partial charge in [0.15, 0.2) is 11.5 Å². The molecule has 0 aliphatic carbocycles. The normalized spacial score (nSPS) is 10.1. The molecule has 0 unspecified atom stereocenters. The molecule has 4 N–H and O–H groups in total. The van der Waals surface area contributed by atoms with Crippen molar-refractivity contribution in [3.8, 4) is 17.2 Å². The fraction of sp³-hybridized carbons (Fsp3) is 0.375. The Labute approximate surface area is 199 Å². The van der Waals surface area contributed by atoms with E-state index in [1.165, 1.54) is 12.1 Å². The van der Waals surface area contributed by atoms with E-state index in [-0.39, 0.29) is 12.1 Å². The predicted molar refractivity (Wildman–Crippen MR) is 127 cm³/mol. The third kappa shape index (κ3) is 8.19. The predicted octanol–water partition coefficient (Wildman–Crippen LogP) is 2.45. The lowest BCUT2D eigenvalue weighted by Gasteiger charge is -2.17. The molecule has 0 atom stereocenters. The smallest absolute Gasteiger partial charge is 0.315 e. The molecule has 0 aliphatic rings. The molecular formula is C24H32N4O6. The molecule has 0 aliphatic heterocycles. The number of nitrogens with one attached hydrogen (secondary N) is 4. The molecule has 10 heteroatoms. The number of rotatable bonds is 11. The standard InChI is InChI=1S/C24H32N4O6/c1-5-32-19-12-18(13-20(33-6-2)22(19)34-7-3)23(30)28-27-21(29)15-26-24(31)25-14-17-10-8-16(4)9-11-17/h8-13H,5-7,14-15H2,1-4H3,(H,27,29)(H,28,30)(H2,25,26,31). The van der Waals surface area contributed by atoms with Gasteiger partial charge in [-0.2, -0.15) is 0 Å². The van der Waals surface area contributed by atoms with Crippen molar-refractivity contribution >= 4 is 17.8 Å². The van der Waals surface area contributed by atoms with Crippen LogP contribution in [0.5, 0.6) is 17.2 Å². The Kier molecular flexibility index (Phi) is 10.5. The van der Waals surface area contributed by atoms with Crippen LogP contribution in [-0.2, 0) is 11.3 Å². The zero-order valence-electron chi connectivity index (χ0n) is 19.9. The molecule has 2 aromatic carbocycles. The minimum absolute atomic E-state index is 0.208. The number of hydrogen-bond acceptors (Lipinski definition) is 6. The highest BCUT2D eigenvalue weighted by Crippen LogP contribution is 2.39. The van der Waals surface area contributed by atoms with Crippen LogP contribution >= 0.6 is 0 Å². The Morgan fingerprint density at radius 2 is 1.38 bits per heavy atom. The third-order valence-electron chi connectivity index (χ3n) is 4.47. The number of ether oxygens (including phenoxy) is 3. The second-order valence-electron chi connectivity index (χ2n) is 7.12. The van der Waals surface area contributed by atoms with Crippen molar-refractivity contribution in [1.29, 1.82) is 0 Å². The largest absolute Gasteiger partial charge is 0.490 e. The van der Waals surface area contributed by atoms with Crippen LogP contribution in [0, 0.1) is 6.92 Å². The van der Waals surface area contributed by atoms with Crippen molar-refractivity contribution in [2.75, 3.05) is 26.4 Å². The van der Waals surface area contributed by atoms with E-state index < -0.39 is 17.8 Å². The lowest BCUT2D eigenvalue weighted by molar-refractivity contribution is -0.120. The topological polar surface area (TPSA) is 127 Å². The minimum Gasteiger partial charge on any atom is -0.490 e. The van der Waals surface area contributed by atoms with Gasteiger partial charge in [0.05, 0.1) is 19.8 Å². The molecule has 10 nitrogen and oxygen atoms in total. The van der Waals surface area contributed by atoms with E-state index in [4.69, 9.17) is 14.2 Å². The van der Waals surface area contributed by atoms with E-state index in [0.717, 1.165) is 11.1 Å². The van der Waals surface area contributed by atoms with E-state index in [1.54, 1.807) is 0 Å². The first-order valence-corrected chi connectivity index (χ1v) is 11.1. The average molecular weight is 473 g/mol. The maximum Gasteiger partial charge on any atom is 0.315 e. The van der Waals surface area contributed by atoms with Gasteiger partial charge in [0.25, 0.3) is 11.8 Å². The van der Waals surface area contributed by atoms with Crippen LogP contribution in [0.4, 0.5) is 4.79 Å². The van der Waals surface area contributed by atoms with Crippen LogP contribution < -0.4 is 35.7 Å². The average Bonchev–Trinajstić information content (AvgIpc) is 2.83. The molecule has 0 fully saturated rings. The van der Waals surface area contributed by atoms with Crippen LogP contribution in [-0.4, -0.2) is 44.2 Å². The summed E-state index contributed by atoms with van der Waals surface area (Å²) in [5.41, 5.74) is 6.85. The van der Waals surface area contributed by atoms with Gasteiger partial charge in [-0.3, -0.25) is 20.4 Å². The second kappa shape index (κ2) is 13.6. The number of hydrazine groups is 1. The summed E-state index contributed by atoms with van der Waals surface area (Å²) in [6, 6.07) is 10.2. The van der Waals surface area contributed by atoms with E-state index in [2.05, 4.69) is 21.5 Å². The molecule has 2 aromatic rings. The zero-order chi connectivity index (χ0) is 24.9. The molecule has 34 heavy (non-hydrogen) atoms. The van der Waals surface area contributed by atoms with Crippen molar-refractivity contribution in [3.63, 3.8) is 0 Å². The van der Waals surface area contributed by atoms with Crippen LogP contribution in [0.3, 0.4) is 0 Å². The van der Waals surface area contributed by atoms with E-state index in [9.17, 15) is 14.4 Å². The summed E-state index contributed by atoms with van der Waals surface area (Å²) in [7, 11) is 0. The van der Waals surface area contributed by atoms with Gasteiger partial charge in [0.2, 0.25) is 5.75 Å². The lowest BCUT2D eigenvalue weighted by atomic mass is 10.1. The maximum absolute atomic E-state index is 12.6. The number of carbonyl (C=O) groups excluding carboxylic acids is 3. The van der Waals surface area contributed by atoms with Gasteiger partial charge >= 0.3 is 6.03 Å². The molecule has 0 saturated carbocycles. The molecule has 0 aromatic heterocycles. The van der Waals surface area contributed by atoms with Crippen molar-refractivity contribution in [2.24, 2.45) is 0 Å².